The van der Waals surface area contributed by atoms with Gasteiger partial charge in [0.25, 0.3) is 0 Å². The minimum atomic E-state index is -0.580. The molecule has 4 heteroatoms. The summed E-state index contributed by atoms with van der Waals surface area (Å²) < 4.78 is 27.2. The van der Waals surface area contributed by atoms with Crippen molar-refractivity contribution in [3.8, 4) is 0 Å². The molecule has 0 bridgehead atoms. The SMILES string of the molecule is Fc1ccc(CC(Cl)c2ccccc2Br)c(F)c1. The van der Waals surface area contributed by atoms with E-state index in [1.807, 2.05) is 24.3 Å². The van der Waals surface area contributed by atoms with E-state index in [9.17, 15) is 8.78 Å². The summed E-state index contributed by atoms with van der Waals surface area (Å²) in [6, 6.07) is 11.1. The third-order valence-corrected chi connectivity index (χ3v) is 3.77. The lowest BCUT2D eigenvalue weighted by Crippen LogP contribution is -1.99. The highest BCUT2D eigenvalue weighted by Gasteiger charge is 2.14. The van der Waals surface area contributed by atoms with Crippen LogP contribution in [0.2, 0.25) is 0 Å². The van der Waals surface area contributed by atoms with Gasteiger partial charge in [-0.1, -0.05) is 40.2 Å². The molecule has 0 N–H and O–H groups in total. The maximum Gasteiger partial charge on any atom is 0.129 e. The lowest BCUT2D eigenvalue weighted by Gasteiger charge is -2.12. The third kappa shape index (κ3) is 3.09. The summed E-state index contributed by atoms with van der Waals surface area (Å²) in [6.45, 7) is 0. The first-order chi connectivity index (χ1) is 8.58. The van der Waals surface area contributed by atoms with Crippen LogP contribution in [0.25, 0.3) is 0 Å². The van der Waals surface area contributed by atoms with Crippen molar-refractivity contribution in [2.45, 2.75) is 11.8 Å². The van der Waals surface area contributed by atoms with Crippen LogP contribution in [0, 0.1) is 11.6 Å². The lowest BCUT2D eigenvalue weighted by molar-refractivity contribution is 0.570. The molecule has 0 saturated carbocycles. The van der Waals surface area contributed by atoms with Crippen LogP contribution in [0.4, 0.5) is 8.78 Å². The molecule has 0 spiro atoms. The van der Waals surface area contributed by atoms with Crippen molar-refractivity contribution in [2.24, 2.45) is 0 Å². The predicted octanol–water partition coefficient (Wildman–Crippen LogP) is 5.25. The van der Waals surface area contributed by atoms with E-state index in [1.165, 1.54) is 12.1 Å². The van der Waals surface area contributed by atoms with Crippen molar-refractivity contribution in [3.05, 3.63) is 69.7 Å². The van der Waals surface area contributed by atoms with Crippen LogP contribution in [0.1, 0.15) is 16.5 Å². The van der Waals surface area contributed by atoms with Crippen LogP contribution in [-0.2, 0) is 6.42 Å². The minimum Gasteiger partial charge on any atom is -0.207 e. The standard InChI is InChI=1S/C14H10BrClF2/c15-12-4-2-1-3-11(12)13(16)7-9-5-6-10(17)8-14(9)18/h1-6,8,13H,7H2. The van der Waals surface area contributed by atoms with Gasteiger partial charge in [-0.25, -0.2) is 8.78 Å². The molecule has 0 aliphatic carbocycles. The molecule has 0 aliphatic rings. The van der Waals surface area contributed by atoms with Crippen LogP contribution in [0.15, 0.2) is 46.9 Å². The molecule has 0 heterocycles. The number of hydrogen-bond acceptors (Lipinski definition) is 0. The quantitative estimate of drug-likeness (QED) is 0.674. The first-order valence-electron chi connectivity index (χ1n) is 5.40. The number of rotatable bonds is 3. The van der Waals surface area contributed by atoms with Crippen molar-refractivity contribution in [1.82, 2.24) is 0 Å². The van der Waals surface area contributed by atoms with Crippen molar-refractivity contribution in [3.63, 3.8) is 0 Å². The highest BCUT2D eigenvalue weighted by atomic mass is 79.9. The second kappa shape index (κ2) is 5.81. The molecular weight excluding hydrogens is 322 g/mol. The van der Waals surface area contributed by atoms with E-state index < -0.39 is 11.6 Å². The molecule has 2 aromatic carbocycles. The van der Waals surface area contributed by atoms with Gasteiger partial charge >= 0.3 is 0 Å². The molecule has 1 unspecified atom stereocenters. The summed E-state index contributed by atoms with van der Waals surface area (Å²) >= 11 is 9.67. The van der Waals surface area contributed by atoms with E-state index in [2.05, 4.69) is 15.9 Å². The summed E-state index contributed by atoms with van der Waals surface area (Å²) in [4.78, 5) is 0. The van der Waals surface area contributed by atoms with E-state index in [0.29, 0.717) is 12.0 Å². The Morgan fingerprint density at radius 1 is 1.11 bits per heavy atom. The largest absolute Gasteiger partial charge is 0.207 e. The molecule has 18 heavy (non-hydrogen) atoms. The predicted molar refractivity (Wildman–Crippen MR) is 72.8 cm³/mol. The fourth-order valence-corrected chi connectivity index (χ4v) is 2.77. The lowest BCUT2D eigenvalue weighted by atomic mass is 10.0. The molecule has 0 radical (unpaired) electrons. The number of hydrogen-bond donors (Lipinski definition) is 0. The summed E-state index contributed by atoms with van der Waals surface area (Å²) in [5.74, 6) is -1.14. The molecule has 94 valence electrons. The van der Waals surface area contributed by atoms with Gasteiger partial charge in [-0.3, -0.25) is 0 Å². The Bertz CT molecular complexity index is 557. The highest BCUT2D eigenvalue weighted by Crippen LogP contribution is 2.31. The normalized spacial score (nSPS) is 12.4. The molecule has 1 atom stereocenters. The topological polar surface area (TPSA) is 0 Å². The van der Waals surface area contributed by atoms with Crippen molar-refractivity contribution >= 4 is 27.5 Å². The van der Waals surface area contributed by atoms with Crippen LogP contribution in [-0.4, -0.2) is 0 Å². The molecule has 0 aliphatic heterocycles. The summed E-state index contributed by atoms with van der Waals surface area (Å²) in [5, 5.41) is -0.361. The Labute approximate surface area is 118 Å². The molecule has 0 fully saturated rings. The third-order valence-electron chi connectivity index (χ3n) is 2.66. The maximum atomic E-state index is 13.5. The van der Waals surface area contributed by atoms with Crippen molar-refractivity contribution in [2.75, 3.05) is 0 Å². The van der Waals surface area contributed by atoms with Gasteiger partial charge in [-0.2, -0.15) is 0 Å². The maximum absolute atomic E-state index is 13.5. The Morgan fingerprint density at radius 3 is 2.50 bits per heavy atom. The van der Waals surface area contributed by atoms with Gasteiger partial charge in [-0.05, 0) is 29.7 Å². The van der Waals surface area contributed by atoms with Gasteiger partial charge in [0.1, 0.15) is 11.6 Å². The van der Waals surface area contributed by atoms with Gasteiger partial charge in [0.15, 0.2) is 0 Å². The molecule has 0 amide bonds. The zero-order chi connectivity index (χ0) is 13.1. The molecule has 0 aromatic heterocycles. The number of alkyl halides is 1. The number of benzene rings is 2. The molecule has 0 nitrogen and oxygen atoms in total. The van der Waals surface area contributed by atoms with E-state index in [-0.39, 0.29) is 5.38 Å². The van der Waals surface area contributed by atoms with Crippen molar-refractivity contribution in [1.29, 1.82) is 0 Å². The van der Waals surface area contributed by atoms with Gasteiger partial charge in [0.05, 0.1) is 5.38 Å². The second-order valence-electron chi connectivity index (χ2n) is 3.93. The Hall–Kier alpha value is -0.930. The smallest absolute Gasteiger partial charge is 0.129 e. The van der Waals surface area contributed by atoms with Crippen LogP contribution >= 0.6 is 27.5 Å². The zero-order valence-electron chi connectivity index (χ0n) is 9.34. The molecule has 0 saturated heterocycles. The monoisotopic (exact) mass is 330 g/mol. The zero-order valence-corrected chi connectivity index (χ0v) is 11.7. The fraction of sp³-hybridized carbons (Fsp3) is 0.143. The fourth-order valence-electron chi connectivity index (χ4n) is 1.72. The highest BCUT2D eigenvalue weighted by molar-refractivity contribution is 9.10. The van der Waals surface area contributed by atoms with Crippen molar-refractivity contribution < 1.29 is 8.78 Å². The average molecular weight is 332 g/mol. The van der Waals surface area contributed by atoms with E-state index in [1.54, 1.807) is 0 Å². The van der Waals surface area contributed by atoms with E-state index in [4.69, 9.17) is 11.6 Å². The molecule has 2 aromatic rings. The summed E-state index contributed by atoms with van der Waals surface area (Å²) in [7, 11) is 0. The first kappa shape index (κ1) is 13.5. The van der Waals surface area contributed by atoms with Gasteiger partial charge in [0.2, 0.25) is 0 Å². The van der Waals surface area contributed by atoms with Gasteiger partial charge in [-0.15, -0.1) is 11.6 Å². The first-order valence-corrected chi connectivity index (χ1v) is 6.63. The van der Waals surface area contributed by atoms with Gasteiger partial charge in [0, 0.05) is 10.5 Å². The second-order valence-corrected chi connectivity index (χ2v) is 5.31. The van der Waals surface area contributed by atoms with Crippen LogP contribution < -0.4 is 0 Å². The minimum absolute atomic E-state index is 0.316. The Kier molecular flexibility index (Phi) is 4.36. The molecular formula is C14H10BrClF2. The van der Waals surface area contributed by atoms with Gasteiger partial charge < -0.3 is 0 Å². The summed E-state index contributed by atoms with van der Waals surface area (Å²) in [5.41, 5.74) is 1.30. The van der Waals surface area contributed by atoms with Crippen LogP contribution in [0.5, 0.6) is 0 Å². The average Bonchev–Trinajstić information content (AvgIpc) is 2.33. The van der Waals surface area contributed by atoms with E-state index >= 15 is 0 Å². The Balaban J connectivity index is 2.21. The Morgan fingerprint density at radius 2 is 1.83 bits per heavy atom. The summed E-state index contributed by atoms with van der Waals surface area (Å²) in [6.07, 6.45) is 0.316. The van der Waals surface area contributed by atoms with Crippen LogP contribution in [0.3, 0.4) is 0 Å². The molecule has 2 rings (SSSR count). The van der Waals surface area contributed by atoms with E-state index in [0.717, 1.165) is 16.1 Å². The number of halogens is 4.